The number of urea groups is 1. The maximum absolute atomic E-state index is 13.9. The summed E-state index contributed by atoms with van der Waals surface area (Å²) in [7, 11) is 1.75. The highest BCUT2D eigenvalue weighted by Crippen LogP contribution is 2.22. The quantitative estimate of drug-likeness (QED) is 0.849. The molecule has 0 aliphatic carbocycles. The second-order valence-electron chi connectivity index (χ2n) is 6.91. The number of amides is 2. The molecule has 1 aromatic carbocycles. The van der Waals surface area contributed by atoms with Crippen molar-refractivity contribution in [2.75, 3.05) is 31.6 Å². The van der Waals surface area contributed by atoms with Gasteiger partial charge in [0.1, 0.15) is 5.82 Å². The van der Waals surface area contributed by atoms with E-state index in [4.69, 9.17) is 11.6 Å². The van der Waals surface area contributed by atoms with Gasteiger partial charge in [-0.2, -0.15) is 5.10 Å². The van der Waals surface area contributed by atoms with Crippen molar-refractivity contribution in [2.24, 2.45) is 5.92 Å². The second kappa shape index (κ2) is 8.52. The first kappa shape index (κ1) is 19.4. The van der Waals surface area contributed by atoms with Crippen molar-refractivity contribution < 1.29 is 9.18 Å². The van der Waals surface area contributed by atoms with Crippen LogP contribution in [0.2, 0.25) is 5.02 Å². The molecule has 1 saturated heterocycles. The van der Waals surface area contributed by atoms with Gasteiger partial charge in [0.05, 0.1) is 0 Å². The van der Waals surface area contributed by atoms with Crippen LogP contribution in [-0.2, 0) is 6.54 Å². The molecule has 0 spiro atoms. The number of hydrogen-bond acceptors (Lipinski definition) is 4. The topological polar surface area (TPSA) is 61.4 Å². The Morgan fingerprint density at radius 1 is 1.48 bits per heavy atom. The minimum absolute atomic E-state index is 0.128. The summed E-state index contributed by atoms with van der Waals surface area (Å²) in [5, 5.41) is 11.2. The maximum Gasteiger partial charge on any atom is 0.317 e. The van der Waals surface area contributed by atoms with E-state index in [1.807, 2.05) is 19.1 Å². The third-order valence-electron chi connectivity index (χ3n) is 4.80. The maximum atomic E-state index is 13.9. The van der Waals surface area contributed by atoms with Crippen LogP contribution in [-0.4, -0.2) is 47.8 Å². The van der Waals surface area contributed by atoms with E-state index in [2.05, 4.69) is 20.4 Å². The molecule has 0 bridgehead atoms. The molecule has 27 heavy (non-hydrogen) atoms. The molecule has 0 saturated carbocycles. The monoisotopic (exact) mass is 391 g/mol. The predicted octanol–water partition coefficient (Wildman–Crippen LogP) is 3.25. The molecule has 3 rings (SSSR count). The number of halogens is 2. The summed E-state index contributed by atoms with van der Waals surface area (Å²) in [6.45, 7) is 4.30. The summed E-state index contributed by atoms with van der Waals surface area (Å²) in [6.07, 6.45) is 2.64. The van der Waals surface area contributed by atoms with Crippen LogP contribution in [0.4, 0.5) is 15.0 Å². The number of nitrogens with one attached hydrogen (secondary N) is 1. The van der Waals surface area contributed by atoms with Crippen LogP contribution in [0.5, 0.6) is 0 Å². The minimum Gasteiger partial charge on any atom is -0.355 e. The van der Waals surface area contributed by atoms with Gasteiger partial charge < -0.3 is 15.1 Å². The molecule has 0 radical (unpaired) electrons. The summed E-state index contributed by atoms with van der Waals surface area (Å²) in [6, 6.07) is 6.52. The molecule has 144 valence electrons. The Hall–Kier alpha value is -2.41. The number of carbonyl (C=O) groups is 1. The Bertz CT molecular complexity index is 804. The van der Waals surface area contributed by atoms with E-state index in [0.29, 0.717) is 23.0 Å². The highest BCUT2D eigenvalue weighted by Gasteiger charge is 2.26. The van der Waals surface area contributed by atoms with Crippen molar-refractivity contribution in [3.8, 4) is 0 Å². The van der Waals surface area contributed by atoms with Gasteiger partial charge in [0, 0.05) is 50.0 Å². The fourth-order valence-electron chi connectivity index (χ4n) is 3.28. The van der Waals surface area contributed by atoms with Gasteiger partial charge >= 0.3 is 6.03 Å². The van der Waals surface area contributed by atoms with Crippen molar-refractivity contribution in [3.63, 3.8) is 0 Å². The molecule has 8 heteroatoms. The number of rotatable bonds is 5. The third kappa shape index (κ3) is 4.86. The van der Waals surface area contributed by atoms with Gasteiger partial charge in [-0.15, -0.1) is 5.10 Å². The van der Waals surface area contributed by atoms with Crippen LogP contribution in [0.3, 0.4) is 0 Å². The average molecular weight is 392 g/mol. The van der Waals surface area contributed by atoms with Crippen LogP contribution in [0.1, 0.15) is 17.5 Å². The van der Waals surface area contributed by atoms with E-state index in [0.717, 1.165) is 30.9 Å². The summed E-state index contributed by atoms with van der Waals surface area (Å²) < 4.78 is 13.9. The second-order valence-corrected chi connectivity index (χ2v) is 7.32. The standard InChI is InChI=1S/C19H23ClFN5O/c1-13-8-15(17(21)9-16(13)20)10-22-19(27)25(2)11-14-5-7-26(12-14)18-4-3-6-23-24-18/h3-4,6,8-9,14H,5,7,10-12H2,1-2H3,(H,22,27). The van der Waals surface area contributed by atoms with Crippen molar-refractivity contribution in [1.29, 1.82) is 0 Å². The highest BCUT2D eigenvalue weighted by molar-refractivity contribution is 6.31. The van der Waals surface area contributed by atoms with E-state index in [1.165, 1.54) is 6.07 Å². The molecule has 1 aliphatic heterocycles. The fraction of sp³-hybridized carbons (Fsp3) is 0.421. The number of benzene rings is 1. The molecule has 2 heterocycles. The van der Waals surface area contributed by atoms with Crippen LogP contribution in [0.25, 0.3) is 0 Å². The van der Waals surface area contributed by atoms with E-state index < -0.39 is 5.82 Å². The first-order valence-corrected chi connectivity index (χ1v) is 9.28. The molecular formula is C19H23ClFN5O. The van der Waals surface area contributed by atoms with Crippen LogP contribution >= 0.6 is 11.6 Å². The molecule has 2 aromatic rings. The van der Waals surface area contributed by atoms with E-state index in [-0.39, 0.29) is 12.6 Å². The van der Waals surface area contributed by atoms with Gasteiger partial charge in [-0.3, -0.25) is 0 Å². The lowest BCUT2D eigenvalue weighted by Gasteiger charge is -2.22. The Balaban J connectivity index is 1.49. The first-order chi connectivity index (χ1) is 12.9. The van der Waals surface area contributed by atoms with Crippen molar-refractivity contribution in [3.05, 3.63) is 52.4 Å². The number of aryl methyl sites for hydroxylation is 1. The average Bonchev–Trinajstić information content (AvgIpc) is 3.12. The van der Waals surface area contributed by atoms with Gasteiger partial charge in [0.15, 0.2) is 5.82 Å². The van der Waals surface area contributed by atoms with Gasteiger partial charge in [0.2, 0.25) is 0 Å². The molecule has 1 aliphatic rings. The molecule has 1 atom stereocenters. The van der Waals surface area contributed by atoms with Crippen LogP contribution in [0.15, 0.2) is 30.5 Å². The zero-order valence-corrected chi connectivity index (χ0v) is 16.2. The number of carbonyl (C=O) groups excluding carboxylic acids is 1. The largest absolute Gasteiger partial charge is 0.355 e. The number of hydrogen-bond donors (Lipinski definition) is 1. The zero-order valence-electron chi connectivity index (χ0n) is 15.5. The summed E-state index contributed by atoms with van der Waals surface area (Å²) in [5.41, 5.74) is 1.21. The summed E-state index contributed by atoms with van der Waals surface area (Å²) >= 11 is 5.90. The Labute approximate surface area is 163 Å². The zero-order chi connectivity index (χ0) is 19.4. The summed E-state index contributed by atoms with van der Waals surface area (Å²) in [5.74, 6) is 0.807. The smallest absolute Gasteiger partial charge is 0.317 e. The number of nitrogens with zero attached hydrogens (tertiary/aromatic N) is 4. The Morgan fingerprint density at radius 3 is 3.04 bits per heavy atom. The fourth-order valence-corrected chi connectivity index (χ4v) is 3.43. The Morgan fingerprint density at radius 2 is 2.30 bits per heavy atom. The summed E-state index contributed by atoms with van der Waals surface area (Å²) in [4.78, 5) is 16.2. The predicted molar refractivity (Wildman–Crippen MR) is 103 cm³/mol. The van der Waals surface area contributed by atoms with E-state index in [1.54, 1.807) is 24.2 Å². The van der Waals surface area contributed by atoms with E-state index in [9.17, 15) is 9.18 Å². The third-order valence-corrected chi connectivity index (χ3v) is 5.21. The lowest BCUT2D eigenvalue weighted by atomic mass is 10.1. The van der Waals surface area contributed by atoms with E-state index >= 15 is 0 Å². The van der Waals surface area contributed by atoms with Gasteiger partial charge in [-0.05, 0) is 49.1 Å². The van der Waals surface area contributed by atoms with Crippen LogP contribution < -0.4 is 10.2 Å². The van der Waals surface area contributed by atoms with Crippen molar-refractivity contribution >= 4 is 23.4 Å². The lowest BCUT2D eigenvalue weighted by Crippen LogP contribution is -2.40. The SMILES string of the molecule is Cc1cc(CNC(=O)N(C)CC2CCN(c3cccnn3)C2)c(F)cc1Cl. The molecular weight excluding hydrogens is 369 g/mol. The normalized spacial score (nSPS) is 16.4. The number of aromatic nitrogens is 2. The van der Waals surface area contributed by atoms with Gasteiger partial charge in [0.25, 0.3) is 0 Å². The minimum atomic E-state index is -0.413. The number of anilines is 1. The first-order valence-electron chi connectivity index (χ1n) is 8.90. The highest BCUT2D eigenvalue weighted by atomic mass is 35.5. The van der Waals surface area contributed by atoms with Crippen LogP contribution in [0, 0.1) is 18.7 Å². The van der Waals surface area contributed by atoms with Gasteiger partial charge in [-0.25, -0.2) is 9.18 Å². The molecule has 1 unspecified atom stereocenters. The molecule has 2 amide bonds. The van der Waals surface area contributed by atoms with Crippen molar-refractivity contribution in [2.45, 2.75) is 19.9 Å². The molecule has 1 N–H and O–H groups in total. The lowest BCUT2D eigenvalue weighted by molar-refractivity contribution is 0.201. The Kier molecular flexibility index (Phi) is 6.11. The van der Waals surface area contributed by atoms with Crippen molar-refractivity contribution in [1.82, 2.24) is 20.4 Å². The molecule has 6 nitrogen and oxygen atoms in total. The molecule has 1 fully saturated rings. The molecule has 1 aromatic heterocycles. The van der Waals surface area contributed by atoms with Gasteiger partial charge in [-0.1, -0.05) is 11.6 Å².